The van der Waals surface area contributed by atoms with Gasteiger partial charge in [0.15, 0.2) is 0 Å². The van der Waals surface area contributed by atoms with Gasteiger partial charge in [-0.3, -0.25) is 5.32 Å². The Labute approximate surface area is 111 Å². The summed E-state index contributed by atoms with van der Waals surface area (Å²) in [4.78, 5) is 2.98. The summed E-state index contributed by atoms with van der Waals surface area (Å²) < 4.78 is 6.56. The minimum Gasteiger partial charge on any atom is -0.357 e. The van der Waals surface area contributed by atoms with Crippen LogP contribution in [-0.2, 0) is 4.74 Å². The van der Waals surface area contributed by atoms with Crippen LogP contribution in [0.15, 0.2) is 22.2 Å². The largest absolute Gasteiger partial charge is 0.357 e. The van der Waals surface area contributed by atoms with E-state index in [-0.39, 0.29) is 6.23 Å². The SMILES string of the molecule is C=C(SC)/C(Br)=C\N(C)COC(C)NCC. The van der Waals surface area contributed by atoms with E-state index >= 15 is 0 Å². The van der Waals surface area contributed by atoms with Crippen LogP contribution in [0.1, 0.15) is 13.8 Å². The van der Waals surface area contributed by atoms with Gasteiger partial charge in [-0.15, -0.1) is 11.8 Å². The average molecular weight is 309 g/mol. The van der Waals surface area contributed by atoms with Crippen molar-refractivity contribution in [3.8, 4) is 0 Å². The molecule has 0 spiro atoms. The van der Waals surface area contributed by atoms with Gasteiger partial charge in [0.05, 0.1) is 0 Å². The number of hydrogen-bond acceptors (Lipinski definition) is 4. The summed E-state index contributed by atoms with van der Waals surface area (Å²) in [5.41, 5.74) is 0. The van der Waals surface area contributed by atoms with Crippen molar-refractivity contribution < 1.29 is 4.74 Å². The Morgan fingerprint density at radius 2 is 2.31 bits per heavy atom. The van der Waals surface area contributed by atoms with E-state index < -0.39 is 0 Å². The highest BCUT2D eigenvalue weighted by atomic mass is 79.9. The summed E-state index contributed by atoms with van der Waals surface area (Å²) >= 11 is 5.09. The van der Waals surface area contributed by atoms with Gasteiger partial charge in [-0.25, -0.2) is 0 Å². The molecule has 3 nitrogen and oxygen atoms in total. The lowest BCUT2D eigenvalue weighted by molar-refractivity contribution is -0.00335. The molecule has 1 atom stereocenters. The molecule has 0 aromatic rings. The number of nitrogens with zero attached hydrogens (tertiary/aromatic N) is 1. The van der Waals surface area contributed by atoms with Gasteiger partial charge in [-0.1, -0.05) is 13.5 Å². The maximum Gasteiger partial charge on any atom is 0.120 e. The van der Waals surface area contributed by atoms with Crippen LogP contribution < -0.4 is 5.32 Å². The number of halogens is 1. The molecule has 16 heavy (non-hydrogen) atoms. The van der Waals surface area contributed by atoms with Crippen molar-refractivity contribution in [2.75, 3.05) is 26.6 Å². The Hall–Kier alpha value is 0.0300. The van der Waals surface area contributed by atoms with E-state index in [0.717, 1.165) is 15.9 Å². The lowest BCUT2D eigenvalue weighted by atomic mass is 10.5. The maximum atomic E-state index is 5.57. The zero-order valence-electron chi connectivity index (χ0n) is 10.4. The molecule has 0 aromatic carbocycles. The van der Waals surface area contributed by atoms with E-state index in [9.17, 15) is 0 Å². The van der Waals surface area contributed by atoms with Gasteiger partial charge < -0.3 is 9.64 Å². The monoisotopic (exact) mass is 308 g/mol. The fraction of sp³-hybridized carbons (Fsp3) is 0.636. The Morgan fingerprint density at radius 3 is 2.81 bits per heavy atom. The molecule has 0 fully saturated rings. The van der Waals surface area contributed by atoms with Crippen LogP contribution in [0.3, 0.4) is 0 Å². The first-order valence-corrected chi connectivity index (χ1v) is 7.18. The minimum atomic E-state index is 0.0726. The number of thioether (sulfide) groups is 1. The van der Waals surface area contributed by atoms with Gasteiger partial charge in [-0.2, -0.15) is 0 Å². The Balaban J connectivity index is 3.98. The zero-order chi connectivity index (χ0) is 12.6. The first kappa shape index (κ1) is 16.0. The highest BCUT2D eigenvalue weighted by Gasteiger charge is 2.02. The summed E-state index contributed by atoms with van der Waals surface area (Å²) in [6.07, 6.45) is 4.04. The van der Waals surface area contributed by atoms with Gasteiger partial charge in [-0.05, 0) is 35.7 Å². The third-order valence-corrected chi connectivity index (χ3v) is 3.52. The van der Waals surface area contributed by atoms with E-state index in [1.165, 1.54) is 0 Å². The second-order valence-corrected chi connectivity index (χ2v) is 5.11. The molecular weight excluding hydrogens is 288 g/mol. The number of hydrogen-bond donors (Lipinski definition) is 1. The third-order valence-electron chi connectivity index (χ3n) is 1.87. The Morgan fingerprint density at radius 1 is 1.69 bits per heavy atom. The van der Waals surface area contributed by atoms with E-state index in [1.54, 1.807) is 11.8 Å². The maximum absolute atomic E-state index is 5.57. The summed E-state index contributed by atoms with van der Waals surface area (Å²) in [5, 5.41) is 3.19. The second-order valence-electron chi connectivity index (χ2n) is 3.36. The molecule has 0 amide bonds. The molecule has 0 aliphatic heterocycles. The van der Waals surface area contributed by atoms with Crippen LogP contribution in [0.25, 0.3) is 0 Å². The van der Waals surface area contributed by atoms with Crippen molar-refractivity contribution >= 4 is 27.7 Å². The average Bonchev–Trinajstić information content (AvgIpc) is 2.25. The van der Waals surface area contributed by atoms with Crippen molar-refractivity contribution in [2.45, 2.75) is 20.1 Å². The third kappa shape index (κ3) is 7.33. The highest BCUT2D eigenvalue weighted by molar-refractivity contribution is 9.12. The van der Waals surface area contributed by atoms with Crippen LogP contribution in [-0.4, -0.2) is 37.7 Å². The van der Waals surface area contributed by atoms with Crippen molar-refractivity contribution in [2.24, 2.45) is 0 Å². The number of ether oxygens (including phenoxy) is 1. The normalized spacial score (nSPS) is 13.7. The van der Waals surface area contributed by atoms with E-state index in [4.69, 9.17) is 4.74 Å². The van der Waals surface area contributed by atoms with Crippen LogP contribution in [0, 0.1) is 0 Å². The molecule has 0 aliphatic rings. The number of allylic oxidation sites excluding steroid dienone is 1. The van der Waals surface area contributed by atoms with Crippen molar-refractivity contribution in [1.82, 2.24) is 10.2 Å². The summed E-state index contributed by atoms with van der Waals surface area (Å²) in [7, 11) is 1.97. The molecule has 0 rings (SSSR count). The zero-order valence-corrected chi connectivity index (χ0v) is 12.8. The fourth-order valence-corrected chi connectivity index (χ4v) is 2.06. The topological polar surface area (TPSA) is 24.5 Å². The quantitative estimate of drug-likeness (QED) is 0.550. The Kier molecular flexibility index (Phi) is 9.12. The van der Waals surface area contributed by atoms with Gasteiger partial charge in [0.2, 0.25) is 0 Å². The van der Waals surface area contributed by atoms with Crippen molar-refractivity contribution in [3.05, 3.63) is 22.2 Å². The lowest BCUT2D eigenvalue weighted by Gasteiger charge is -2.19. The molecule has 1 unspecified atom stereocenters. The van der Waals surface area contributed by atoms with E-state index in [2.05, 4.69) is 34.7 Å². The lowest BCUT2D eigenvalue weighted by Crippen LogP contribution is -2.31. The van der Waals surface area contributed by atoms with Crippen molar-refractivity contribution in [1.29, 1.82) is 0 Å². The molecular formula is C11H21BrN2OS. The second kappa shape index (κ2) is 9.10. The molecule has 0 heterocycles. The van der Waals surface area contributed by atoms with Crippen LogP contribution >= 0.6 is 27.7 Å². The van der Waals surface area contributed by atoms with Gasteiger partial charge in [0.25, 0.3) is 0 Å². The molecule has 1 N–H and O–H groups in total. The van der Waals surface area contributed by atoms with Gasteiger partial charge in [0.1, 0.15) is 13.0 Å². The van der Waals surface area contributed by atoms with E-state index in [1.807, 2.05) is 31.3 Å². The fourth-order valence-electron chi connectivity index (χ4n) is 0.976. The van der Waals surface area contributed by atoms with Crippen molar-refractivity contribution in [3.63, 3.8) is 0 Å². The number of rotatable bonds is 8. The standard InChI is InChI=1S/C11H21BrN2OS/c1-6-13-10(3)15-8-14(4)7-11(12)9(2)16-5/h7,10,13H,2,6,8H2,1,3-5H3/b11-7+. The number of nitrogens with one attached hydrogen (secondary N) is 1. The van der Waals surface area contributed by atoms with E-state index in [0.29, 0.717) is 6.73 Å². The highest BCUT2D eigenvalue weighted by Crippen LogP contribution is 2.24. The molecule has 5 heteroatoms. The molecule has 0 aliphatic carbocycles. The molecule has 0 saturated heterocycles. The Bertz CT molecular complexity index is 246. The van der Waals surface area contributed by atoms with Crippen LogP contribution in [0.2, 0.25) is 0 Å². The summed E-state index contributed by atoms with van der Waals surface area (Å²) in [6, 6.07) is 0. The predicted molar refractivity (Wildman–Crippen MR) is 76.5 cm³/mol. The van der Waals surface area contributed by atoms with Crippen LogP contribution in [0.5, 0.6) is 0 Å². The van der Waals surface area contributed by atoms with Gasteiger partial charge >= 0.3 is 0 Å². The van der Waals surface area contributed by atoms with Crippen LogP contribution in [0.4, 0.5) is 0 Å². The minimum absolute atomic E-state index is 0.0726. The molecule has 0 saturated carbocycles. The summed E-state index contributed by atoms with van der Waals surface area (Å²) in [6.45, 7) is 9.43. The first-order valence-electron chi connectivity index (χ1n) is 5.17. The molecule has 0 aromatic heterocycles. The molecule has 94 valence electrons. The molecule has 0 bridgehead atoms. The first-order chi connectivity index (χ1) is 7.51. The smallest absolute Gasteiger partial charge is 0.120 e. The predicted octanol–water partition coefficient (Wildman–Crippen LogP) is 2.96. The summed E-state index contributed by atoms with van der Waals surface area (Å²) in [5.74, 6) is 0. The molecule has 0 radical (unpaired) electrons. The van der Waals surface area contributed by atoms with Gasteiger partial charge in [0, 0.05) is 22.6 Å².